The fourth-order valence-corrected chi connectivity index (χ4v) is 9.41. The maximum Gasteiger partial charge on any atom is 0.345 e. The molecule has 3 heterocycles. The Morgan fingerprint density at radius 1 is 1.02 bits per heavy atom. The van der Waals surface area contributed by atoms with Crippen LogP contribution >= 0.6 is 0 Å². The number of aliphatic hydroxyl groups excluding tert-OH is 1. The Hall–Kier alpha value is -3.73. The van der Waals surface area contributed by atoms with Crippen LogP contribution in [-0.4, -0.2) is 52.4 Å². The maximum absolute atomic E-state index is 13.8. The number of rotatable bonds is 6. The number of carbonyl (C=O) groups is 3. The molecular formula is C36H45NO10. The highest BCUT2D eigenvalue weighted by atomic mass is 16.6. The first kappa shape index (κ1) is 33.2. The topological polar surface area (TPSA) is 151 Å². The van der Waals surface area contributed by atoms with Crippen LogP contribution in [0.15, 0.2) is 39.8 Å². The van der Waals surface area contributed by atoms with Gasteiger partial charge in [0.15, 0.2) is 0 Å². The molecule has 11 nitrogen and oxygen atoms in total. The number of nitrogens with zero attached hydrogens (tertiary/aromatic N) is 1. The Morgan fingerprint density at radius 2 is 1.77 bits per heavy atom. The molecule has 47 heavy (non-hydrogen) atoms. The lowest BCUT2D eigenvalue weighted by Crippen LogP contribution is -2.71. The van der Waals surface area contributed by atoms with E-state index in [0.717, 1.165) is 32.1 Å². The molecular weight excluding hydrogens is 606 g/mol. The number of fused-ring (bicyclic) bond motifs is 4. The van der Waals surface area contributed by atoms with E-state index in [1.54, 1.807) is 30.6 Å². The molecule has 3 unspecified atom stereocenters. The van der Waals surface area contributed by atoms with Crippen molar-refractivity contribution in [1.29, 1.82) is 0 Å². The molecule has 8 atom stereocenters. The Balaban J connectivity index is 1.48. The normalized spacial score (nSPS) is 34.9. The van der Waals surface area contributed by atoms with Gasteiger partial charge in [0.25, 0.3) is 0 Å². The van der Waals surface area contributed by atoms with Crippen LogP contribution in [0.1, 0.15) is 97.7 Å². The van der Waals surface area contributed by atoms with Crippen molar-refractivity contribution < 1.29 is 42.9 Å². The van der Waals surface area contributed by atoms with Crippen LogP contribution in [-0.2, 0) is 28.6 Å². The number of hydrogen-bond donors (Lipinski definition) is 1. The number of aromatic nitrogens is 1. The summed E-state index contributed by atoms with van der Waals surface area (Å²) < 4.78 is 30.5. The molecule has 2 aromatic heterocycles. The molecule has 11 heteroatoms. The Kier molecular flexibility index (Phi) is 8.74. The van der Waals surface area contributed by atoms with Gasteiger partial charge in [-0.2, -0.15) is 0 Å². The number of pyridine rings is 1. The minimum absolute atomic E-state index is 0.00291. The molecule has 1 N–H and O–H groups in total. The first-order valence-electron chi connectivity index (χ1n) is 16.7. The molecule has 3 saturated carbocycles. The van der Waals surface area contributed by atoms with Gasteiger partial charge in [0.05, 0.1) is 12.0 Å². The quantitative estimate of drug-likeness (QED) is 0.319. The van der Waals surface area contributed by atoms with Gasteiger partial charge in [-0.3, -0.25) is 19.4 Å². The van der Waals surface area contributed by atoms with Crippen molar-refractivity contribution in [1.82, 2.24) is 4.98 Å². The van der Waals surface area contributed by atoms with E-state index in [9.17, 15) is 24.3 Å². The van der Waals surface area contributed by atoms with E-state index in [1.807, 2.05) is 20.8 Å². The van der Waals surface area contributed by atoms with Gasteiger partial charge in [-0.05, 0) is 62.5 Å². The van der Waals surface area contributed by atoms with Crippen LogP contribution in [0.5, 0.6) is 5.75 Å². The molecule has 3 fully saturated rings. The van der Waals surface area contributed by atoms with Gasteiger partial charge in [0.1, 0.15) is 41.5 Å². The molecule has 1 aliphatic heterocycles. The van der Waals surface area contributed by atoms with Crippen LogP contribution in [0.3, 0.4) is 0 Å². The van der Waals surface area contributed by atoms with E-state index in [4.69, 9.17) is 23.4 Å². The van der Waals surface area contributed by atoms with Crippen LogP contribution in [0, 0.1) is 28.6 Å². The molecule has 0 bridgehead atoms. The van der Waals surface area contributed by atoms with Crippen molar-refractivity contribution in [2.45, 2.75) is 110 Å². The van der Waals surface area contributed by atoms with Gasteiger partial charge in [0.2, 0.25) is 0 Å². The van der Waals surface area contributed by atoms with Crippen molar-refractivity contribution in [2.75, 3.05) is 6.61 Å². The predicted octanol–water partition coefficient (Wildman–Crippen LogP) is 5.32. The summed E-state index contributed by atoms with van der Waals surface area (Å²) in [7, 11) is 0. The van der Waals surface area contributed by atoms with Crippen LogP contribution < -0.4 is 10.4 Å². The van der Waals surface area contributed by atoms with Crippen LogP contribution in [0.25, 0.3) is 11.3 Å². The monoisotopic (exact) mass is 651 g/mol. The average Bonchev–Trinajstić information content (AvgIpc) is 3.03. The lowest BCUT2D eigenvalue weighted by Gasteiger charge is -2.66. The molecule has 4 aliphatic rings. The standard InChI is InChI=1S/C36H45NO10/c1-20(38)43-19-35(4)26-17-28(46-32(41)22-10-7-6-8-11-22)36(5)31(34(26,3)14-13-27(35)44-21(2)39)30(40)29-25(47-36)16-24(45-33(29)42)23-12-9-15-37-18-23/h9,12,15-16,18,22,26-28,30-31,40H,6-8,10-11,13-14,17,19H2,1-5H3/t26?,27-,28-,30-,31?,34-,35?,36+/m0/s1. The van der Waals surface area contributed by atoms with Crippen molar-refractivity contribution in [2.24, 2.45) is 28.6 Å². The molecule has 6 rings (SSSR count). The summed E-state index contributed by atoms with van der Waals surface area (Å²) in [5.74, 6) is -2.19. The minimum Gasteiger partial charge on any atom is -0.482 e. The largest absolute Gasteiger partial charge is 0.482 e. The summed E-state index contributed by atoms with van der Waals surface area (Å²) in [4.78, 5) is 55.9. The molecule has 254 valence electrons. The number of hydrogen-bond acceptors (Lipinski definition) is 11. The second-order valence-corrected chi connectivity index (χ2v) is 14.6. The summed E-state index contributed by atoms with van der Waals surface area (Å²) in [5, 5.41) is 12.3. The zero-order valence-electron chi connectivity index (χ0n) is 27.8. The second kappa shape index (κ2) is 12.4. The molecule has 0 saturated heterocycles. The lowest BCUT2D eigenvalue weighted by molar-refractivity contribution is -0.272. The predicted molar refractivity (Wildman–Crippen MR) is 168 cm³/mol. The Labute approximate surface area is 274 Å². The van der Waals surface area contributed by atoms with E-state index in [0.29, 0.717) is 24.8 Å². The summed E-state index contributed by atoms with van der Waals surface area (Å²) >= 11 is 0. The minimum atomic E-state index is -1.34. The van der Waals surface area contributed by atoms with E-state index in [1.165, 1.54) is 13.8 Å². The van der Waals surface area contributed by atoms with Crippen molar-refractivity contribution in [3.8, 4) is 17.1 Å². The molecule has 0 spiro atoms. The number of aliphatic hydroxyl groups is 1. The van der Waals surface area contributed by atoms with Crippen LogP contribution in [0.4, 0.5) is 0 Å². The number of esters is 3. The van der Waals surface area contributed by atoms with Gasteiger partial charge in [0, 0.05) is 49.2 Å². The third kappa shape index (κ3) is 5.74. The van der Waals surface area contributed by atoms with Crippen molar-refractivity contribution in [3.05, 3.63) is 46.6 Å². The fraction of sp³-hybridized carbons (Fsp3) is 0.639. The molecule has 0 radical (unpaired) electrons. The molecule has 3 aliphatic carbocycles. The zero-order chi connectivity index (χ0) is 33.7. The smallest absolute Gasteiger partial charge is 0.345 e. The summed E-state index contributed by atoms with van der Waals surface area (Å²) in [6, 6.07) is 5.08. The Morgan fingerprint density at radius 3 is 2.43 bits per heavy atom. The van der Waals surface area contributed by atoms with Crippen LogP contribution in [0.2, 0.25) is 0 Å². The lowest BCUT2D eigenvalue weighted by atomic mass is 9.42. The van der Waals surface area contributed by atoms with Gasteiger partial charge in [-0.15, -0.1) is 0 Å². The molecule has 0 amide bonds. The van der Waals surface area contributed by atoms with E-state index in [2.05, 4.69) is 4.98 Å². The first-order valence-corrected chi connectivity index (χ1v) is 16.7. The Bertz CT molecular complexity index is 1580. The highest BCUT2D eigenvalue weighted by molar-refractivity contribution is 5.73. The fourth-order valence-electron chi connectivity index (χ4n) is 9.41. The third-order valence-electron chi connectivity index (χ3n) is 11.6. The second-order valence-electron chi connectivity index (χ2n) is 14.6. The van der Waals surface area contributed by atoms with E-state index >= 15 is 0 Å². The van der Waals surface area contributed by atoms with E-state index in [-0.39, 0.29) is 41.5 Å². The van der Waals surface area contributed by atoms with Gasteiger partial charge in [-0.1, -0.05) is 33.1 Å². The van der Waals surface area contributed by atoms with Crippen molar-refractivity contribution in [3.63, 3.8) is 0 Å². The average molecular weight is 652 g/mol. The number of carbonyl (C=O) groups excluding carboxylic acids is 3. The highest BCUT2D eigenvalue weighted by Gasteiger charge is 2.71. The highest BCUT2D eigenvalue weighted by Crippen LogP contribution is 2.67. The summed E-state index contributed by atoms with van der Waals surface area (Å²) in [6.07, 6.45) is 6.10. The molecule has 2 aromatic rings. The van der Waals surface area contributed by atoms with Gasteiger partial charge >= 0.3 is 23.5 Å². The summed E-state index contributed by atoms with van der Waals surface area (Å²) in [6.45, 7) is 8.45. The van der Waals surface area contributed by atoms with Gasteiger partial charge < -0.3 is 28.5 Å². The molecule has 0 aromatic carbocycles. The maximum atomic E-state index is 13.8. The van der Waals surface area contributed by atoms with E-state index < -0.39 is 58.2 Å². The van der Waals surface area contributed by atoms with Gasteiger partial charge in [-0.25, -0.2) is 4.79 Å². The summed E-state index contributed by atoms with van der Waals surface area (Å²) in [5.41, 5.74) is -3.05. The zero-order valence-corrected chi connectivity index (χ0v) is 27.8. The van der Waals surface area contributed by atoms with Crippen molar-refractivity contribution >= 4 is 17.9 Å². The first-order chi connectivity index (χ1) is 22.3. The third-order valence-corrected chi connectivity index (χ3v) is 11.6. The number of ether oxygens (including phenoxy) is 4. The SMILES string of the molecule is CC(=O)OCC1(C)C2C[C@H](OC(=O)C3CCCCC3)[C@@]3(C)Oc4cc(-c5cccnc5)oc(=O)c4[C@H](O)C3[C@@]2(C)CC[C@@H]1OC(C)=O.